The van der Waals surface area contributed by atoms with Crippen molar-refractivity contribution in [2.75, 3.05) is 25.2 Å². The average molecular weight is 491 g/mol. The molecule has 0 spiro atoms. The van der Waals surface area contributed by atoms with Gasteiger partial charge in [-0.15, -0.1) is 0 Å². The van der Waals surface area contributed by atoms with Crippen molar-refractivity contribution in [2.45, 2.75) is 43.2 Å². The third kappa shape index (κ3) is 3.54. The summed E-state index contributed by atoms with van der Waals surface area (Å²) in [6, 6.07) is 15.6. The van der Waals surface area contributed by atoms with Gasteiger partial charge in [-0.05, 0) is 53.5 Å². The van der Waals surface area contributed by atoms with E-state index in [0.717, 1.165) is 35.1 Å². The Morgan fingerprint density at radius 1 is 1.00 bits per heavy atom. The van der Waals surface area contributed by atoms with Crippen LogP contribution in [0.3, 0.4) is 0 Å². The van der Waals surface area contributed by atoms with Gasteiger partial charge < -0.3 is 10.1 Å². The van der Waals surface area contributed by atoms with Crippen molar-refractivity contribution >= 4 is 29.5 Å². The summed E-state index contributed by atoms with van der Waals surface area (Å²) in [7, 11) is 0. The van der Waals surface area contributed by atoms with Crippen molar-refractivity contribution < 1.29 is 19.1 Å². The molecule has 0 aromatic heterocycles. The van der Waals surface area contributed by atoms with Crippen LogP contribution in [0.1, 0.15) is 53.4 Å². The molecule has 2 fully saturated rings. The Morgan fingerprint density at radius 3 is 2.00 bits per heavy atom. The van der Waals surface area contributed by atoms with Crippen molar-refractivity contribution in [1.29, 1.82) is 0 Å². The molecule has 2 aliphatic heterocycles. The van der Waals surface area contributed by atoms with E-state index in [1.807, 2.05) is 30.5 Å². The van der Waals surface area contributed by atoms with E-state index in [2.05, 4.69) is 29.6 Å². The molecule has 1 N–H and O–H groups in total. The van der Waals surface area contributed by atoms with Crippen LogP contribution in [0, 0.1) is 11.8 Å². The van der Waals surface area contributed by atoms with E-state index >= 15 is 0 Å². The largest absolute Gasteiger partial charge is 0.376 e. The van der Waals surface area contributed by atoms with E-state index < -0.39 is 17.9 Å². The highest BCUT2D eigenvalue weighted by molar-refractivity contribution is 7.98. The third-order valence-corrected chi connectivity index (χ3v) is 8.86. The normalized spacial score (nSPS) is 29.1. The van der Waals surface area contributed by atoms with Gasteiger partial charge in [-0.2, -0.15) is 11.8 Å². The Morgan fingerprint density at radius 2 is 1.54 bits per heavy atom. The zero-order valence-corrected chi connectivity index (χ0v) is 20.6. The zero-order valence-electron chi connectivity index (χ0n) is 19.8. The lowest BCUT2D eigenvalue weighted by atomic mass is 9.55. The SMILES string of the molecule is CSCC[C@H](C(=O)NC[C@H]1CCCO1)N1C(=O)[C@@H]2C3c4ccccc4C(c4ccccc43)[C@@H]2C1=O. The fourth-order valence-corrected chi connectivity index (χ4v) is 7.21. The molecule has 7 heteroatoms. The summed E-state index contributed by atoms with van der Waals surface area (Å²) >= 11 is 1.62. The van der Waals surface area contributed by atoms with E-state index in [1.165, 1.54) is 4.90 Å². The van der Waals surface area contributed by atoms with Crippen LogP contribution in [-0.2, 0) is 19.1 Å². The van der Waals surface area contributed by atoms with Crippen LogP contribution in [0.5, 0.6) is 0 Å². The maximum absolute atomic E-state index is 14.0. The summed E-state index contributed by atoms with van der Waals surface area (Å²) in [6.07, 6.45) is 4.34. The quantitative estimate of drug-likeness (QED) is 0.603. The first-order valence-corrected chi connectivity index (χ1v) is 13.9. The fourth-order valence-electron chi connectivity index (χ4n) is 6.75. The van der Waals surface area contributed by atoms with Crippen molar-refractivity contribution in [3.8, 4) is 0 Å². The van der Waals surface area contributed by atoms with Gasteiger partial charge in [0.15, 0.2) is 0 Å². The minimum atomic E-state index is -0.792. The summed E-state index contributed by atoms with van der Waals surface area (Å²) in [5.74, 6) is -1.19. The summed E-state index contributed by atoms with van der Waals surface area (Å²) in [6.45, 7) is 1.13. The third-order valence-electron chi connectivity index (χ3n) is 8.22. The van der Waals surface area contributed by atoms with Gasteiger partial charge in [-0.3, -0.25) is 19.3 Å². The standard InChI is InChI=1S/C28H30N2O4S/c1-35-14-12-21(26(31)29-15-16-7-6-13-34-16)30-27(32)24-22-17-8-2-3-9-18(17)23(25(24)28(30)33)20-11-5-4-10-19(20)22/h2-5,8-11,16,21-25H,6-7,12-15H2,1H3,(H,29,31)/t16-,21-,22?,23?,24-,25+/m1/s1. The van der Waals surface area contributed by atoms with Crippen molar-refractivity contribution in [2.24, 2.45) is 11.8 Å². The first-order valence-electron chi connectivity index (χ1n) is 12.5. The number of thioether (sulfide) groups is 1. The predicted octanol–water partition coefficient (Wildman–Crippen LogP) is 3.30. The Hall–Kier alpha value is -2.64. The summed E-state index contributed by atoms with van der Waals surface area (Å²) in [5.41, 5.74) is 4.57. The van der Waals surface area contributed by atoms with Gasteiger partial charge in [0.05, 0.1) is 17.9 Å². The Kier molecular flexibility index (Phi) is 5.93. The van der Waals surface area contributed by atoms with Crippen LogP contribution < -0.4 is 5.32 Å². The van der Waals surface area contributed by atoms with Gasteiger partial charge in [0, 0.05) is 25.0 Å². The molecule has 2 saturated heterocycles. The van der Waals surface area contributed by atoms with E-state index in [1.54, 1.807) is 11.8 Å². The minimum absolute atomic E-state index is 0.00700. The van der Waals surface area contributed by atoms with Gasteiger partial charge in [-0.1, -0.05) is 48.5 Å². The van der Waals surface area contributed by atoms with Crippen LogP contribution in [0.4, 0.5) is 0 Å². The van der Waals surface area contributed by atoms with Crippen LogP contribution in [0.2, 0.25) is 0 Å². The lowest BCUT2D eigenvalue weighted by Crippen LogP contribution is -2.51. The van der Waals surface area contributed by atoms with Gasteiger partial charge in [-0.25, -0.2) is 0 Å². The molecule has 0 unspecified atom stereocenters. The molecule has 2 aromatic carbocycles. The smallest absolute Gasteiger partial charge is 0.243 e. The lowest BCUT2D eigenvalue weighted by Gasteiger charge is -2.45. The number of carbonyl (C=O) groups excluding carboxylic acids is 3. The first-order chi connectivity index (χ1) is 17.1. The molecule has 6 nitrogen and oxygen atoms in total. The van der Waals surface area contributed by atoms with Crippen molar-refractivity contribution in [3.63, 3.8) is 0 Å². The van der Waals surface area contributed by atoms with E-state index in [9.17, 15) is 14.4 Å². The number of hydrogen-bond acceptors (Lipinski definition) is 5. The maximum atomic E-state index is 14.0. The predicted molar refractivity (Wildman–Crippen MR) is 134 cm³/mol. The molecule has 5 aliphatic rings. The van der Waals surface area contributed by atoms with Gasteiger partial charge in [0.25, 0.3) is 0 Å². The number of rotatable bonds is 7. The number of likely N-dealkylation sites (tertiary alicyclic amines) is 1. The summed E-state index contributed by atoms with van der Waals surface area (Å²) < 4.78 is 5.65. The second kappa shape index (κ2) is 9.10. The number of ether oxygens (including phenoxy) is 1. The second-order valence-electron chi connectivity index (χ2n) is 9.99. The lowest BCUT2D eigenvalue weighted by molar-refractivity contribution is -0.148. The van der Waals surface area contributed by atoms with E-state index in [-0.39, 0.29) is 35.7 Å². The fraction of sp³-hybridized carbons (Fsp3) is 0.464. The van der Waals surface area contributed by atoms with Gasteiger partial charge >= 0.3 is 0 Å². The highest BCUT2D eigenvalue weighted by Gasteiger charge is 2.62. The average Bonchev–Trinajstić information content (AvgIpc) is 3.50. The molecule has 7 rings (SSSR count). The van der Waals surface area contributed by atoms with Crippen molar-refractivity contribution in [1.82, 2.24) is 10.2 Å². The topological polar surface area (TPSA) is 75.7 Å². The monoisotopic (exact) mass is 490 g/mol. The molecule has 35 heavy (non-hydrogen) atoms. The highest BCUT2D eigenvalue weighted by atomic mass is 32.2. The van der Waals surface area contributed by atoms with Gasteiger partial charge in [0.1, 0.15) is 6.04 Å². The molecule has 2 aromatic rings. The highest BCUT2D eigenvalue weighted by Crippen LogP contribution is 2.61. The number of benzene rings is 2. The summed E-state index contributed by atoms with van der Waals surface area (Å²) in [4.78, 5) is 42.8. The Bertz CT molecular complexity index is 1060. The molecular weight excluding hydrogens is 460 g/mol. The van der Waals surface area contributed by atoms with Crippen LogP contribution in [-0.4, -0.2) is 59.9 Å². The number of carbonyl (C=O) groups is 3. The van der Waals surface area contributed by atoms with Crippen LogP contribution in [0.15, 0.2) is 48.5 Å². The molecule has 2 bridgehead atoms. The number of imide groups is 1. The molecular formula is C28H30N2O4S. The molecule has 182 valence electrons. The number of nitrogens with one attached hydrogen (secondary N) is 1. The first kappa shape index (κ1) is 22.8. The second-order valence-corrected chi connectivity index (χ2v) is 11.0. The number of nitrogens with zero attached hydrogens (tertiary/aromatic N) is 1. The van der Waals surface area contributed by atoms with E-state index in [0.29, 0.717) is 25.3 Å². The Labute approximate surface area is 209 Å². The number of hydrogen-bond donors (Lipinski definition) is 1. The number of amides is 3. The molecule has 2 heterocycles. The summed E-state index contributed by atoms with van der Waals surface area (Å²) in [5, 5.41) is 2.99. The zero-order chi connectivity index (χ0) is 24.1. The van der Waals surface area contributed by atoms with Crippen LogP contribution in [0.25, 0.3) is 0 Å². The molecule has 0 saturated carbocycles. The maximum Gasteiger partial charge on any atom is 0.243 e. The molecule has 0 radical (unpaired) electrons. The minimum Gasteiger partial charge on any atom is -0.376 e. The van der Waals surface area contributed by atoms with Crippen LogP contribution >= 0.6 is 11.8 Å². The molecule has 3 amide bonds. The van der Waals surface area contributed by atoms with Gasteiger partial charge in [0.2, 0.25) is 17.7 Å². The van der Waals surface area contributed by atoms with E-state index in [4.69, 9.17) is 4.74 Å². The Balaban J connectivity index is 1.35. The van der Waals surface area contributed by atoms with Crippen molar-refractivity contribution in [3.05, 3.63) is 70.8 Å². The molecule has 3 aliphatic carbocycles. The molecule has 4 atom stereocenters.